The fraction of sp³-hybridized carbons (Fsp3) is 0.840. The van der Waals surface area contributed by atoms with Gasteiger partial charge in [0.15, 0.2) is 0 Å². The first-order valence-electron chi connectivity index (χ1n) is 13.3. The Bertz CT molecular complexity index is 714. The lowest BCUT2D eigenvalue weighted by Gasteiger charge is -2.19. The van der Waals surface area contributed by atoms with E-state index in [2.05, 4.69) is 10.2 Å². The molecule has 0 spiro atoms. The number of hydroxylamine groups is 2. The summed E-state index contributed by atoms with van der Waals surface area (Å²) in [6.45, 7) is 10.3. The zero-order valence-electron chi connectivity index (χ0n) is 23.8. The van der Waals surface area contributed by atoms with Crippen molar-refractivity contribution in [1.29, 1.82) is 0 Å². The maximum absolute atomic E-state index is 11.5. The van der Waals surface area contributed by atoms with Gasteiger partial charge in [-0.1, -0.05) is 0 Å². The van der Waals surface area contributed by atoms with Gasteiger partial charge in [-0.15, -0.1) is 5.06 Å². The molecule has 0 saturated carbocycles. The third-order valence-corrected chi connectivity index (χ3v) is 4.57. The average molecular weight is 581 g/mol. The van der Waals surface area contributed by atoms with Crippen molar-refractivity contribution >= 4 is 23.9 Å². The fourth-order valence-corrected chi connectivity index (χ4v) is 2.80. The molecule has 0 aromatic rings. The lowest BCUT2D eigenvalue weighted by atomic mass is 10.2. The first-order valence-corrected chi connectivity index (χ1v) is 13.3. The number of nitrogens with one attached hydrogen (secondary N) is 1. The summed E-state index contributed by atoms with van der Waals surface area (Å²) < 4.78 is 42.4. The third-order valence-electron chi connectivity index (χ3n) is 4.57. The second kappa shape index (κ2) is 22.3. The number of hydrogen-bond donors (Lipinski definition) is 1. The van der Waals surface area contributed by atoms with Crippen LogP contribution in [0.5, 0.6) is 0 Å². The molecule has 1 aliphatic rings. The minimum absolute atomic E-state index is 0.0406. The van der Waals surface area contributed by atoms with Crippen molar-refractivity contribution in [3.63, 3.8) is 0 Å². The number of hydrogen-bond acceptors (Lipinski definition) is 13. The summed E-state index contributed by atoms with van der Waals surface area (Å²) in [4.78, 5) is 50.4. The molecule has 1 rings (SSSR count). The van der Waals surface area contributed by atoms with E-state index in [1.807, 2.05) is 0 Å². The number of ether oxygens (including phenoxy) is 8. The van der Waals surface area contributed by atoms with E-state index in [1.54, 1.807) is 20.8 Å². The molecule has 1 N–H and O–H groups in total. The van der Waals surface area contributed by atoms with Gasteiger partial charge in [0.2, 0.25) is 0 Å². The Morgan fingerprint density at radius 3 is 1.43 bits per heavy atom. The van der Waals surface area contributed by atoms with Gasteiger partial charge in [0.05, 0.1) is 85.9 Å². The van der Waals surface area contributed by atoms with Crippen LogP contribution in [0.25, 0.3) is 0 Å². The van der Waals surface area contributed by atoms with Gasteiger partial charge in [-0.05, 0) is 20.8 Å². The Kier molecular flexibility index (Phi) is 19.9. The Hall–Kier alpha value is -2.40. The topological polar surface area (TPSA) is 167 Å². The number of alkyl carbamates (subject to hydrolysis) is 1. The molecule has 1 fully saturated rings. The van der Waals surface area contributed by atoms with Gasteiger partial charge in [-0.2, -0.15) is 0 Å². The molecule has 0 bridgehead atoms. The quantitative estimate of drug-likeness (QED) is 0.122. The zero-order valence-corrected chi connectivity index (χ0v) is 23.8. The summed E-state index contributed by atoms with van der Waals surface area (Å²) in [5, 5.41) is 3.09. The number of carbonyl (C=O) groups excluding carboxylic acids is 4. The van der Waals surface area contributed by atoms with E-state index in [0.717, 1.165) is 0 Å². The van der Waals surface area contributed by atoms with E-state index in [0.29, 0.717) is 84.3 Å². The van der Waals surface area contributed by atoms with E-state index >= 15 is 0 Å². The number of rotatable bonds is 24. The molecule has 15 heteroatoms. The van der Waals surface area contributed by atoms with Gasteiger partial charge in [0, 0.05) is 19.4 Å². The van der Waals surface area contributed by atoms with Crippen molar-refractivity contribution in [3.05, 3.63) is 0 Å². The molecule has 3 amide bonds. The molecule has 1 heterocycles. The number of carbonyl (C=O) groups is 4. The SMILES string of the molecule is CC(C)(C)OC(=O)NCCOCCOCCOCCOCCOCCOCCOCC(=O)ON1C(=O)CCC1=O. The van der Waals surface area contributed by atoms with Gasteiger partial charge in [-0.3, -0.25) is 9.59 Å². The van der Waals surface area contributed by atoms with Crippen molar-refractivity contribution < 1.29 is 61.9 Å². The monoisotopic (exact) mass is 580 g/mol. The van der Waals surface area contributed by atoms with Crippen LogP contribution >= 0.6 is 0 Å². The molecule has 40 heavy (non-hydrogen) atoms. The molecule has 15 nitrogen and oxygen atoms in total. The van der Waals surface area contributed by atoms with E-state index < -0.39 is 36.1 Å². The molecule has 0 radical (unpaired) electrons. The van der Waals surface area contributed by atoms with Crippen molar-refractivity contribution in [2.75, 3.05) is 99.0 Å². The maximum Gasteiger partial charge on any atom is 0.407 e. The standard InChI is InChI=1S/C25H44N2O13/c1-25(2,3)39-24(31)26-6-7-32-8-9-33-10-11-34-12-13-35-14-15-36-16-17-37-18-19-38-20-23(30)40-27-21(28)4-5-22(27)29/h4-20H2,1-3H3,(H,26,31). The first kappa shape index (κ1) is 35.6. The van der Waals surface area contributed by atoms with Crippen LogP contribution in [0.4, 0.5) is 4.79 Å². The molecule has 1 saturated heterocycles. The molecule has 0 aromatic heterocycles. The van der Waals surface area contributed by atoms with Crippen molar-refractivity contribution in [1.82, 2.24) is 10.4 Å². The highest BCUT2D eigenvalue weighted by atomic mass is 16.7. The smallest absolute Gasteiger partial charge is 0.407 e. The van der Waals surface area contributed by atoms with Gasteiger partial charge in [-0.25, -0.2) is 9.59 Å². The summed E-state index contributed by atoms with van der Waals surface area (Å²) in [7, 11) is 0. The number of nitrogens with zero attached hydrogens (tertiary/aromatic N) is 1. The molecule has 0 atom stereocenters. The Labute approximate surface area is 234 Å². The van der Waals surface area contributed by atoms with E-state index in [1.165, 1.54) is 0 Å². The lowest BCUT2D eigenvalue weighted by Crippen LogP contribution is -2.34. The van der Waals surface area contributed by atoms with Crippen molar-refractivity contribution in [3.8, 4) is 0 Å². The fourth-order valence-electron chi connectivity index (χ4n) is 2.80. The zero-order chi connectivity index (χ0) is 29.5. The minimum Gasteiger partial charge on any atom is -0.444 e. The van der Waals surface area contributed by atoms with Crippen LogP contribution < -0.4 is 5.32 Å². The second-order valence-corrected chi connectivity index (χ2v) is 9.20. The van der Waals surface area contributed by atoms with Gasteiger partial charge >= 0.3 is 12.1 Å². The Balaban J connectivity index is 1.72. The predicted octanol–water partition coefficient (Wildman–Crippen LogP) is 0.235. The highest BCUT2D eigenvalue weighted by Gasteiger charge is 2.32. The molecule has 232 valence electrons. The van der Waals surface area contributed by atoms with Crippen molar-refractivity contribution in [2.45, 2.75) is 39.2 Å². The van der Waals surface area contributed by atoms with Gasteiger partial charge < -0.3 is 48.0 Å². The minimum atomic E-state index is -0.824. The second-order valence-electron chi connectivity index (χ2n) is 9.20. The van der Waals surface area contributed by atoms with Crippen LogP contribution in [0.1, 0.15) is 33.6 Å². The van der Waals surface area contributed by atoms with E-state index in [-0.39, 0.29) is 26.1 Å². The van der Waals surface area contributed by atoms with Gasteiger partial charge in [0.1, 0.15) is 12.2 Å². The molecule has 1 aliphatic heterocycles. The van der Waals surface area contributed by atoms with E-state index in [9.17, 15) is 19.2 Å². The molecule has 0 aliphatic carbocycles. The lowest BCUT2D eigenvalue weighted by molar-refractivity contribution is -0.200. The Morgan fingerprint density at radius 1 is 0.650 bits per heavy atom. The van der Waals surface area contributed by atoms with E-state index in [4.69, 9.17) is 37.9 Å². The average Bonchev–Trinajstić information content (AvgIpc) is 3.20. The Morgan fingerprint density at radius 2 is 1.02 bits per heavy atom. The normalized spacial score (nSPS) is 13.6. The number of imide groups is 1. The summed E-state index contributed by atoms with van der Waals surface area (Å²) in [5.41, 5.74) is -0.523. The third kappa shape index (κ3) is 20.5. The van der Waals surface area contributed by atoms with Crippen LogP contribution in [-0.4, -0.2) is 134 Å². The summed E-state index contributed by atoms with van der Waals surface area (Å²) in [5.74, 6) is -1.90. The summed E-state index contributed by atoms with van der Waals surface area (Å²) >= 11 is 0. The summed E-state index contributed by atoms with van der Waals surface area (Å²) in [6, 6.07) is 0. The summed E-state index contributed by atoms with van der Waals surface area (Å²) in [6.07, 6.45) is -0.386. The highest BCUT2D eigenvalue weighted by molar-refractivity contribution is 6.01. The van der Waals surface area contributed by atoms with Crippen LogP contribution in [-0.2, 0) is 57.1 Å². The van der Waals surface area contributed by atoms with Gasteiger partial charge in [0.25, 0.3) is 11.8 Å². The molecule has 0 aromatic carbocycles. The largest absolute Gasteiger partial charge is 0.444 e. The molecular weight excluding hydrogens is 536 g/mol. The van der Waals surface area contributed by atoms with Crippen molar-refractivity contribution in [2.24, 2.45) is 0 Å². The van der Waals surface area contributed by atoms with Crippen LogP contribution in [0, 0.1) is 0 Å². The van der Waals surface area contributed by atoms with Crippen LogP contribution in [0.15, 0.2) is 0 Å². The highest BCUT2D eigenvalue weighted by Crippen LogP contribution is 2.12. The molecule has 0 unspecified atom stereocenters. The van der Waals surface area contributed by atoms with Crippen LogP contribution in [0.2, 0.25) is 0 Å². The number of amides is 3. The maximum atomic E-state index is 11.5. The first-order chi connectivity index (χ1) is 19.2. The van der Waals surface area contributed by atoms with Crippen LogP contribution in [0.3, 0.4) is 0 Å². The molecular formula is C25H44N2O13. The predicted molar refractivity (Wildman–Crippen MR) is 137 cm³/mol.